The molecule has 2 aliphatic rings. The summed E-state index contributed by atoms with van der Waals surface area (Å²) in [6.07, 6.45) is 3.93. The van der Waals surface area contributed by atoms with Gasteiger partial charge in [0.05, 0.1) is 7.11 Å². The molecule has 3 rings (SSSR count). The number of methoxy groups -OCH3 is 1. The first-order chi connectivity index (χ1) is 10.2. The Labute approximate surface area is 127 Å². The smallest absolute Gasteiger partial charge is 0.120 e. The first-order valence-corrected chi connectivity index (χ1v) is 8.05. The summed E-state index contributed by atoms with van der Waals surface area (Å²) >= 11 is 0. The number of likely N-dealkylation sites (tertiary alicyclic amines) is 1. The summed E-state index contributed by atoms with van der Waals surface area (Å²) in [5, 5.41) is 0. The molecule has 0 aliphatic carbocycles. The lowest BCUT2D eigenvalue weighted by Gasteiger charge is -2.47. The average molecular weight is 289 g/mol. The van der Waals surface area contributed by atoms with Gasteiger partial charge in [-0.05, 0) is 50.4 Å². The third kappa shape index (κ3) is 2.87. The molecule has 4 heteroatoms. The van der Waals surface area contributed by atoms with E-state index in [4.69, 9.17) is 10.5 Å². The number of anilines is 1. The number of nitrogens with two attached hydrogens (primary N) is 1. The van der Waals surface area contributed by atoms with Crippen molar-refractivity contribution >= 4 is 5.69 Å². The molecular formula is C17H27N3O. The first-order valence-electron chi connectivity index (χ1n) is 8.05. The zero-order valence-electron chi connectivity index (χ0n) is 13.2. The van der Waals surface area contributed by atoms with Crippen LogP contribution in [-0.2, 0) is 6.54 Å². The van der Waals surface area contributed by atoms with Gasteiger partial charge in [-0.15, -0.1) is 0 Å². The summed E-state index contributed by atoms with van der Waals surface area (Å²) in [7, 11) is 4.01. The molecule has 1 aromatic carbocycles. The quantitative estimate of drug-likeness (QED) is 0.925. The predicted octanol–water partition coefficient (Wildman–Crippen LogP) is 2.07. The molecule has 4 nitrogen and oxygen atoms in total. The van der Waals surface area contributed by atoms with Crippen molar-refractivity contribution in [2.45, 2.75) is 31.8 Å². The molecule has 2 fully saturated rings. The monoisotopic (exact) mass is 289 g/mol. The maximum Gasteiger partial charge on any atom is 0.120 e. The largest absolute Gasteiger partial charge is 0.497 e. The molecule has 0 radical (unpaired) electrons. The lowest BCUT2D eigenvalue weighted by atomic mass is 9.84. The molecule has 2 unspecified atom stereocenters. The lowest BCUT2D eigenvalue weighted by molar-refractivity contribution is 0.102. The number of fused-ring (bicyclic) bond motifs is 1. The van der Waals surface area contributed by atoms with Gasteiger partial charge >= 0.3 is 0 Å². The first kappa shape index (κ1) is 14.7. The summed E-state index contributed by atoms with van der Waals surface area (Å²) in [6, 6.07) is 7.02. The van der Waals surface area contributed by atoms with E-state index >= 15 is 0 Å². The standard InChI is InChI=1S/C17H27N3O/c1-19-8-3-4-14-12-20(9-7-16(14)19)17-10-15(21-2)6-5-13(17)11-18/h5-6,10,14,16H,3-4,7-9,11-12,18H2,1-2H3. The number of hydrogen-bond acceptors (Lipinski definition) is 4. The van der Waals surface area contributed by atoms with Gasteiger partial charge in [0.2, 0.25) is 0 Å². The minimum atomic E-state index is 0.587. The Morgan fingerprint density at radius 1 is 1.29 bits per heavy atom. The second-order valence-corrected chi connectivity index (χ2v) is 6.38. The van der Waals surface area contributed by atoms with Gasteiger partial charge in [-0.1, -0.05) is 6.07 Å². The van der Waals surface area contributed by atoms with Crippen LogP contribution in [0.1, 0.15) is 24.8 Å². The summed E-state index contributed by atoms with van der Waals surface area (Å²) < 4.78 is 5.39. The van der Waals surface area contributed by atoms with Crippen molar-refractivity contribution in [1.29, 1.82) is 0 Å². The number of ether oxygens (including phenoxy) is 1. The molecule has 116 valence electrons. The van der Waals surface area contributed by atoms with Crippen LogP contribution in [0.15, 0.2) is 18.2 Å². The highest BCUT2D eigenvalue weighted by Gasteiger charge is 2.34. The molecule has 21 heavy (non-hydrogen) atoms. The van der Waals surface area contributed by atoms with Crippen LogP contribution in [0, 0.1) is 5.92 Å². The minimum absolute atomic E-state index is 0.587. The highest BCUT2D eigenvalue weighted by molar-refractivity contribution is 5.57. The predicted molar refractivity (Wildman–Crippen MR) is 86.9 cm³/mol. The highest BCUT2D eigenvalue weighted by atomic mass is 16.5. The maximum absolute atomic E-state index is 5.93. The fourth-order valence-electron chi connectivity index (χ4n) is 4.01. The van der Waals surface area contributed by atoms with E-state index < -0.39 is 0 Å². The van der Waals surface area contributed by atoms with Crippen LogP contribution < -0.4 is 15.4 Å². The van der Waals surface area contributed by atoms with E-state index in [-0.39, 0.29) is 0 Å². The average Bonchev–Trinajstić information content (AvgIpc) is 2.54. The molecule has 1 aromatic rings. The molecule has 0 saturated carbocycles. The van der Waals surface area contributed by atoms with Gasteiger partial charge in [-0.3, -0.25) is 0 Å². The van der Waals surface area contributed by atoms with Crippen LogP contribution in [0.4, 0.5) is 5.69 Å². The van der Waals surface area contributed by atoms with E-state index in [2.05, 4.69) is 29.0 Å². The van der Waals surface area contributed by atoms with Gasteiger partial charge in [-0.25, -0.2) is 0 Å². The Hall–Kier alpha value is -1.26. The van der Waals surface area contributed by atoms with Gasteiger partial charge in [0.25, 0.3) is 0 Å². The highest BCUT2D eigenvalue weighted by Crippen LogP contribution is 2.34. The zero-order valence-corrected chi connectivity index (χ0v) is 13.2. The number of benzene rings is 1. The van der Waals surface area contributed by atoms with Gasteiger partial charge in [0, 0.05) is 37.4 Å². The summed E-state index contributed by atoms with van der Waals surface area (Å²) in [6.45, 7) is 4.11. The number of hydrogen-bond donors (Lipinski definition) is 1. The summed E-state index contributed by atoms with van der Waals surface area (Å²) in [4.78, 5) is 5.08. The minimum Gasteiger partial charge on any atom is -0.497 e. The van der Waals surface area contributed by atoms with E-state index in [1.165, 1.54) is 37.1 Å². The number of rotatable bonds is 3. The second-order valence-electron chi connectivity index (χ2n) is 6.38. The Balaban J connectivity index is 1.81. The molecule has 0 spiro atoms. The van der Waals surface area contributed by atoms with E-state index in [0.717, 1.165) is 30.8 Å². The molecule has 0 bridgehead atoms. The van der Waals surface area contributed by atoms with Crippen molar-refractivity contribution in [1.82, 2.24) is 4.90 Å². The fraction of sp³-hybridized carbons (Fsp3) is 0.647. The Morgan fingerprint density at radius 2 is 2.14 bits per heavy atom. The van der Waals surface area contributed by atoms with Crippen molar-refractivity contribution in [3.8, 4) is 5.75 Å². The maximum atomic E-state index is 5.93. The summed E-state index contributed by atoms with van der Waals surface area (Å²) in [5.74, 6) is 1.71. The summed E-state index contributed by atoms with van der Waals surface area (Å²) in [5.41, 5.74) is 8.41. The Kier molecular flexibility index (Phi) is 4.36. The van der Waals surface area contributed by atoms with Crippen molar-refractivity contribution in [2.75, 3.05) is 38.7 Å². The molecule has 0 aromatic heterocycles. The van der Waals surface area contributed by atoms with Crippen LogP contribution in [-0.4, -0.2) is 44.7 Å². The van der Waals surface area contributed by atoms with Crippen molar-refractivity contribution in [3.63, 3.8) is 0 Å². The normalized spacial score (nSPS) is 26.5. The zero-order chi connectivity index (χ0) is 14.8. The van der Waals surface area contributed by atoms with E-state index in [0.29, 0.717) is 6.54 Å². The molecule has 2 saturated heterocycles. The second kappa shape index (κ2) is 6.24. The van der Waals surface area contributed by atoms with Crippen LogP contribution in [0.3, 0.4) is 0 Å². The Morgan fingerprint density at radius 3 is 2.90 bits per heavy atom. The van der Waals surface area contributed by atoms with Crippen LogP contribution >= 0.6 is 0 Å². The van der Waals surface area contributed by atoms with Gasteiger partial charge in [0.15, 0.2) is 0 Å². The van der Waals surface area contributed by atoms with Gasteiger partial charge < -0.3 is 20.3 Å². The van der Waals surface area contributed by atoms with E-state index in [1.54, 1.807) is 7.11 Å². The third-order valence-corrected chi connectivity index (χ3v) is 5.20. The van der Waals surface area contributed by atoms with E-state index in [1.807, 2.05) is 6.07 Å². The molecule has 2 atom stereocenters. The molecule has 0 amide bonds. The molecule has 2 N–H and O–H groups in total. The molecule has 2 aliphatic heterocycles. The van der Waals surface area contributed by atoms with Crippen molar-refractivity contribution in [2.24, 2.45) is 11.7 Å². The Bertz CT molecular complexity index is 491. The van der Waals surface area contributed by atoms with Crippen LogP contribution in [0.25, 0.3) is 0 Å². The van der Waals surface area contributed by atoms with Crippen LogP contribution in [0.2, 0.25) is 0 Å². The lowest BCUT2D eigenvalue weighted by Crippen LogP contribution is -2.52. The van der Waals surface area contributed by atoms with Gasteiger partial charge in [-0.2, -0.15) is 0 Å². The third-order valence-electron chi connectivity index (χ3n) is 5.20. The SMILES string of the molecule is COc1ccc(CN)c(N2CCC3C(CCCN3C)C2)c1. The topological polar surface area (TPSA) is 41.7 Å². The number of piperidine rings is 2. The van der Waals surface area contributed by atoms with Gasteiger partial charge in [0.1, 0.15) is 5.75 Å². The van der Waals surface area contributed by atoms with Crippen molar-refractivity contribution in [3.05, 3.63) is 23.8 Å². The van der Waals surface area contributed by atoms with Crippen molar-refractivity contribution < 1.29 is 4.74 Å². The molecular weight excluding hydrogens is 262 g/mol. The number of nitrogens with zero attached hydrogens (tertiary/aromatic N) is 2. The molecule has 2 heterocycles. The van der Waals surface area contributed by atoms with E-state index in [9.17, 15) is 0 Å². The van der Waals surface area contributed by atoms with Crippen LogP contribution in [0.5, 0.6) is 5.75 Å². The fourth-order valence-corrected chi connectivity index (χ4v) is 4.01.